The Kier molecular flexibility index (Phi) is 10.7. The number of anilines is 2. The molecule has 4 aromatic carbocycles. The predicted octanol–water partition coefficient (Wildman–Crippen LogP) is 6.49. The molecular formula is C40H42N8O4. The van der Waals surface area contributed by atoms with E-state index in [1.807, 2.05) is 104 Å². The van der Waals surface area contributed by atoms with Crippen molar-refractivity contribution in [2.24, 2.45) is 0 Å². The van der Waals surface area contributed by atoms with E-state index < -0.39 is 0 Å². The van der Waals surface area contributed by atoms with Crippen molar-refractivity contribution in [3.05, 3.63) is 96.1 Å². The number of nitrogens with two attached hydrogens (primary N) is 2. The van der Waals surface area contributed by atoms with Gasteiger partial charge in [-0.1, -0.05) is 36.4 Å². The van der Waals surface area contributed by atoms with Gasteiger partial charge >= 0.3 is 0 Å². The number of benzene rings is 4. The third-order valence-electron chi connectivity index (χ3n) is 8.65. The maximum absolute atomic E-state index is 12.5. The van der Waals surface area contributed by atoms with Crippen molar-refractivity contribution in [3.8, 4) is 34.0 Å². The monoisotopic (exact) mass is 698 g/mol. The molecule has 12 nitrogen and oxygen atoms in total. The first-order chi connectivity index (χ1) is 25.1. The molecule has 52 heavy (non-hydrogen) atoms. The fraction of sp³-hybridized carbons (Fsp3) is 0.250. The number of nitrogen functional groups attached to an aromatic ring is 2. The van der Waals surface area contributed by atoms with E-state index in [4.69, 9.17) is 20.9 Å². The molecule has 1 aliphatic heterocycles. The number of hydrogen-bond acceptors (Lipinski definition) is 10. The van der Waals surface area contributed by atoms with Crippen LogP contribution in [0.5, 0.6) is 11.8 Å². The van der Waals surface area contributed by atoms with Crippen LogP contribution in [-0.4, -0.2) is 81.9 Å². The molecule has 6 aromatic rings. The van der Waals surface area contributed by atoms with Crippen molar-refractivity contribution in [3.63, 3.8) is 0 Å². The normalized spacial score (nSPS) is 12.3. The number of amides is 2. The number of rotatable bonds is 8. The summed E-state index contributed by atoms with van der Waals surface area (Å²) in [5.41, 5.74) is 18.4. The van der Waals surface area contributed by atoms with Gasteiger partial charge in [0.05, 0.1) is 35.0 Å². The molecule has 0 atom stereocenters. The Morgan fingerprint density at radius 1 is 0.635 bits per heavy atom. The number of ether oxygens (including phenoxy) is 2. The quantitative estimate of drug-likeness (QED) is 0.180. The molecule has 1 fully saturated rings. The van der Waals surface area contributed by atoms with Gasteiger partial charge in [-0.15, -0.1) is 0 Å². The lowest BCUT2D eigenvalue weighted by Gasteiger charge is -2.15. The highest BCUT2D eigenvalue weighted by atomic mass is 16.5. The standard InChI is InChI=1S/C21H22N4O2.C19H20N4O2/c1-2-27-19-17-13-16(9-10-18(17)23-21(22)24-19)14-5-7-15(8-6-14)20(26)25-11-3-4-12-25;1-4-25-17-15-11-14(9-10-16(15)21-19(20)22-17)12-5-7-13(8-6-12)18(24)23(2)3/h5-10,13H,2-4,11-12H2,1H3,(H2,22,23,24);5-11H,4H2,1-3H3,(H2,20,21,22). The van der Waals surface area contributed by atoms with Crippen molar-refractivity contribution >= 4 is 45.5 Å². The van der Waals surface area contributed by atoms with Crippen LogP contribution in [0.3, 0.4) is 0 Å². The molecule has 0 aliphatic carbocycles. The van der Waals surface area contributed by atoms with Gasteiger partial charge in [0.25, 0.3) is 11.8 Å². The summed E-state index contributed by atoms with van der Waals surface area (Å²) in [6.45, 7) is 6.52. The van der Waals surface area contributed by atoms with Gasteiger partial charge in [-0.05, 0) is 97.5 Å². The minimum absolute atomic E-state index is 0.0208. The van der Waals surface area contributed by atoms with E-state index >= 15 is 0 Å². The summed E-state index contributed by atoms with van der Waals surface area (Å²) >= 11 is 0. The summed E-state index contributed by atoms with van der Waals surface area (Å²) in [6.07, 6.45) is 2.19. The Labute approximate surface area is 302 Å². The maximum atomic E-state index is 12.5. The zero-order valence-corrected chi connectivity index (χ0v) is 29.8. The minimum Gasteiger partial charge on any atom is -0.477 e. The highest BCUT2D eigenvalue weighted by molar-refractivity contribution is 5.96. The number of fused-ring (bicyclic) bond motifs is 2. The van der Waals surface area contributed by atoms with Gasteiger partial charge in [0.1, 0.15) is 0 Å². The fourth-order valence-corrected chi connectivity index (χ4v) is 6.06. The van der Waals surface area contributed by atoms with Crippen molar-refractivity contribution in [2.75, 3.05) is 51.9 Å². The lowest BCUT2D eigenvalue weighted by Crippen LogP contribution is -2.27. The molecule has 0 bridgehead atoms. The first kappa shape index (κ1) is 35.5. The molecule has 1 saturated heterocycles. The smallest absolute Gasteiger partial charge is 0.253 e. The van der Waals surface area contributed by atoms with Crippen LogP contribution in [0.1, 0.15) is 47.4 Å². The highest BCUT2D eigenvalue weighted by Crippen LogP contribution is 2.31. The first-order valence-corrected chi connectivity index (χ1v) is 17.3. The first-order valence-electron chi connectivity index (χ1n) is 17.3. The molecule has 2 aromatic heterocycles. The van der Waals surface area contributed by atoms with Crippen LogP contribution in [0.15, 0.2) is 84.9 Å². The predicted molar refractivity (Wildman–Crippen MR) is 204 cm³/mol. The molecule has 7 rings (SSSR count). The van der Waals surface area contributed by atoms with Crippen LogP contribution in [-0.2, 0) is 0 Å². The van der Waals surface area contributed by atoms with Crippen molar-refractivity contribution in [1.82, 2.24) is 29.7 Å². The summed E-state index contributed by atoms with van der Waals surface area (Å²) < 4.78 is 11.2. The SMILES string of the molecule is CCOc1nc(N)nc2ccc(-c3ccc(C(=O)N(C)C)cc3)cc12.CCOc1nc(N)nc2ccc(-c3ccc(C(=O)N4CCCC4)cc3)cc12. The van der Waals surface area contributed by atoms with E-state index in [0.29, 0.717) is 30.5 Å². The van der Waals surface area contributed by atoms with Gasteiger partial charge in [0.15, 0.2) is 0 Å². The van der Waals surface area contributed by atoms with Crippen LogP contribution in [0.4, 0.5) is 11.9 Å². The Morgan fingerprint density at radius 2 is 1.06 bits per heavy atom. The summed E-state index contributed by atoms with van der Waals surface area (Å²) in [5, 5.41) is 1.63. The molecule has 0 saturated carbocycles. The van der Waals surface area contributed by atoms with Crippen LogP contribution in [0.2, 0.25) is 0 Å². The van der Waals surface area contributed by atoms with Crippen LogP contribution in [0.25, 0.3) is 44.1 Å². The lowest BCUT2D eigenvalue weighted by atomic mass is 10.0. The summed E-state index contributed by atoms with van der Waals surface area (Å²) in [4.78, 5) is 44.9. The minimum atomic E-state index is -0.0208. The molecule has 0 spiro atoms. The van der Waals surface area contributed by atoms with Crippen molar-refractivity contribution in [1.29, 1.82) is 0 Å². The molecule has 0 radical (unpaired) electrons. The van der Waals surface area contributed by atoms with E-state index in [-0.39, 0.29) is 23.7 Å². The number of carbonyl (C=O) groups excluding carboxylic acids is 2. The lowest BCUT2D eigenvalue weighted by molar-refractivity contribution is 0.0791. The number of carbonyl (C=O) groups is 2. The molecular weight excluding hydrogens is 656 g/mol. The summed E-state index contributed by atoms with van der Waals surface area (Å²) in [5.74, 6) is 1.44. The average Bonchev–Trinajstić information content (AvgIpc) is 3.70. The summed E-state index contributed by atoms with van der Waals surface area (Å²) in [7, 11) is 3.47. The molecule has 12 heteroatoms. The Balaban J connectivity index is 0.000000179. The molecule has 3 heterocycles. The second kappa shape index (κ2) is 15.7. The Bertz CT molecular complexity index is 2220. The van der Waals surface area contributed by atoms with Gasteiger partial charge in [-0.2, -0.15) is 9.97 Å². The van der Waals surface area contributed by atoms with E-state index in [9.17, 15) is 9.59 Å². The highest BCUT2D eigenvalue weighted by Gasteiger charge is 2.19. The van der Waals surface area contributed by atoms with Crippen LogP contribution >= 0.6 is 0 Å². The third kappa shape index (κ3) is 7.86. The molecule has 2 amide bonds. The van der Waals surface area contributed by atoms with Crippen LogP contribution in [0, 0.1) is 0 Å². The second-order valence-corrected chi connectivity index (χ2v) is 12.5. The largest absolute Gasteiger partial charge is 0.477 e. The molecule has 266 valence electrons. The van der Waals surface area contributed by atoms with Gasteiger partial charge in [0.2, 0.25) is 23.7 Å². The van der Waals surface area contributed by atoms with E-state index in [2.05, 4.69) is 19.9 Å². The molecule has 4 N–H and O–H groups in total. The molecule has 0 unspecified atom stereocenters. The van der Waals surface area contributed by atoms with Crippen LogP contribution < -0.4 is 20.9 Å². The van der Waals surface area contributed by atoms with Gasteiger partial charge in [-0.25, -0.2) is 9.97 Å². The van der Waals surface area contributed by atoms with E-state index in [1.165, 1.54) is 0 Å². The van der Waals surface area contributed by atoms with E-state index in [0.717, 1.165) is 75.6 Å². The van der Waals surface area contributed by atoms with Gasteiger partial charge in [-0.3, -0.25) is 9.59 Å². The Hall–Kier alpha value is -6.30. The number of aromatic nitrogens is 4. The number of nitrogens with zero attached hydrogens (tertiary/aromatic N) is 6. The van der Waals surface area contributed by atoms with E-state index in [1.54, 1.807) is 19.0 Å². The second-order valence-electron chi connectivity index (χ2n) is 12.5. The van der Waals surface area contributed by atoms with Crippen molar-refractivity contribution < 1.29 is 19.1 Å². The molecule has 1 aliphatic rings. The van der Waals surface area contributed by atoms with Gasteiger partial charge in [0, 0.05) is 38.3 Å². The average molecular weight is 699 g/mol. The zero-order valence-electron chi connectivity index (χ0n) is 29.8. The summed E-state index contributed by atoms with van der Waals surface area (Å²) in [6, 6.07) is 27.0. The Morgan fingerprint density at radius 3 is 1.48 bits per heavy atom. The maximum Gasteiger partial charge on any atom is 0.253 e. The zero-order chi connectivity index (χ0) is 36.8. The van der Waals surface area contributed by atoms with Gasteiger partial charge < -0.3 is 30.7 Å². The van der Waals surface area contributed by atoms with Crippen molar-refractivity contribution in [2.45, 2.75) is 26.7 Å². The topological polar surface area (TPSA) is 163 Å². The fourth-order valence-electron chi connectivity index (χ4n) is 6.06. The third-order valence-corrected chi connectivity index (χ3v) is 8.65. The number of likely N-dealkylation sites (tertiary alicyclic amines) is 1. The number of hydrogen-bond donors (Lipinski definition) is 2.